The van der Waals surface area contributed by atoms with E-state index in [0.29, 0.717) is 18.5 Å². The summed E-state index contributed by atoms with van der Waals surface area (Å²) in [7, 11) is 2.16. The molecule has 0 bridgehead atoms. The Morgan fingerprint density at radius 2 is 2.05 bits per heavy atom. The van der Waals surface area contributed by atoms with E-state index in [-0.39, 0.29) is 30.7 Å². The fourth-order valence-electron chi connectivity index (χ4n) is 2.47. The van der Waals surface area contributed by atoms with Crippen molar-refractivity contribution >= 4 is 30.7 Å². The van der Waals surface area contributed by atoms with Crippen molar-refractivity contribution in [2.45, 2.75) is 57.2 Å². The Kier molecular flexibility index (Phi) is 8.99. The minimum atomic E-state index is 0. The number of hydrogen-bond donors (Lipinski definition) is 2. The molecule has 1 amide bonds. The van der Waals surface area contributed by atoms with Crippen LogP contribution in [0.2, 0.25) is 0 Å². The van der Waals surface area contributed by atoms with Gasteiger partial charge in [-0.1, -0.05) is 0 Å². The van der Waals surface area contributed by atoms with Crippen molar-refractivity contribution in [2.24, 2.45) is 0 Å². The molecule has 1 aliphatic heterocycles. The van der Waals surface area contributed by atoms with Gasteiger partial charge in [0.1, 0.15) is 0 Å². The number of likely N-dealkylation sites (N-methyl/N-ethyl adjacent to an activating group) is 1. The SMILES string of the molecule is CC(CNC(=O)CC1CCCN1)N(C)C1CC1.Cl.Cl. The molecule has 2 aliphatic rings. The van der Waals surface area contributed by atoms with E-state index in [0.717, 1.165) is 25.6 Å². The first kappa shape index (κ1) is 19.0. The molecule has 1 saturated heterocycles. The van der Waals surface area contributed by atoms with E-state index in [1.54, 1.807) is 0 Å². The zero-order valence-corrected chi connectivity index (χ0v) is 13.5. The van der Waals surface area contributed by atoms with Crippen molar-refractivity contribution < 1.29 is 4.79 Å². The van der Waals surface area contributed by atoms with Gasteiger partial charge in [-0.25, -0.2) is 0 Å². The molecule has 114 valence electrons. The molecule has 0 aromatic carbocycles. The fourth-order valence-corrected chi connectivity index (χ4v) is 2.47. The molecule has 0 spiro atoms. The number of rotatable bonds is 6. The maximum absolute atomic E-state index is 11.7. The smallest absolute Gasteiger partial charge is 0.221 e. The van der Waals surface area contributed by atoms with Gasteiger partial charge in [-0.05, 0) is 46.2 Å². The van der Waals surface area contributed by atoms with Crippen molar-refractivity contribution in [1.29, 1.82) is 0 Å². The van der Waals surface area contributed by atoms with Crippen LogP contribution in [0, 0.1) is 0 Å². The molecule has 2 unspecified atom stereocenters. The first-order valence-electron chi connectivity index (χ1n) is 6.89. The highest BCUT2D eigenvalue weighted by atomic mass is 35.5. The zero-order valence-electron chi connectivity index (χ0n) is 11.9. The Morgan fingerprint density at radius 1 is 1.37 bits per heavy atom. The second-order valence-electron chi connectivity index (χ2n) is 5.55. The van der Waals surface area contributed by atoms with Gasteiger partial charge in [-0.15, -0.1) is 24.8 Å². The van der Waals surface area contributed by atoms with E-state index in [4.69, 9.17) is 0 Å². The van der Waals surface area contributed by atoms with Crippen LogP contribution in [0.25, 0.3) is 0 Å². The highest BCUT2D eigenvalue weighted by Crippen LogP contribution is 2.26. The molecule has 0 radical (unpaired) electrons. The average Bonchev–Trinajstić information content (AvgIpc) is 3.05. The van der Waals surface area contributed by atoms with Crippen molar-refractivity contribution in [1.82, 2.24) is 15.5 Å². The van der Waals surface area contributed by atoms with E-state index in [9.17, 15) is 4.79 Å². The van der Waals surface area contributed by atoms with Gasteiger partial charge in [-0.2, -0.15) is 0 Å². The van der Waals surface area contributed by atoms with Crippen LogP contribution in [-0.2, 0) is 4.79 Å². The van der Waals surface area contributed by atoms with E-state index < -0.39 is 0 Å². The average molecular weight is 312 g/mol. The fraction of sp³-hybridized carbons (Fsp3) is 0.923. The summed E-state index contributed by atoms with van der Waals surface area (Å²) in [6.07, 6.45) is 5.63. The van der Waals surface area contributed by atoms with Crippen LogP contribution in [0.5, 0.6) is 0 Å². The topological polar surface area (TPSA) is 44.4 Å². The predicted octanol–water partition coefficient (Wildman–Crippen LogP) is 1.57. The predicted molar refractivity (Wildman–Crippen MR) is 83.4 cm³/mol. The van der Waals surface area contributed by atoms with Crippen molar-refractivity contribution in [2.75, 3.05) is 20.1 Å². The quantitative estimate of drug-likeness (QED) is 0.782. The van der Waals surface area contributed by atoms with Crippen molar-refractivity contribution in [3.63, 3.8) is 0 Å². The highest BCUT2D eigenvalue weighted by molar-refractivity contribution is 5.85. The van der Waals surface area contributed by atoms with Gasteiger partial charge >= 0.3 is 0 Å². The molecule has 2 N–H and O–H groups in total. The molecule has 1 aliphatic carbocycles. The third kappa shape index (κ3) is 6.30. The molecule has 2 fully saturated rings. The molecule has 0 aromatic rings. The first-order chi connectivity index (χ1) is 8.16. The Morgan fingerprint density at radius 3 is 2.58 bits per heavy atom. The van der Waals surface area contributed by atoms with Crippen LogP contribution in [-0.4, -0.2) is 49.1 Å². The summed E-state index contributed by atoms with van der Waals surface area (Å²) in [4.78, 5) is 14.1. The Hall–Kier alpha value is -0.0300. The van der Waals surface area contributed by atoms with Gasteiger partial charge in [0.05, 0.1) is 0 Å². The number of amides is 1. The molecular formula is C13H27Cl2N3O. The number of halogens is 2. The summed E-state index contributed by atoms with van der Waals surface area (Å²) in [6.45, 7) is 4.03. The summed E-state index contributed by atoms with van der Waals surface area (Å²) in [5, 5.41) is 6.41. The molecule has 1 heterocycles. The Labute approximate surface area is 128 Å². The summed E-state index contributed by atoms with van der Waals surface area (Å²) in [6, 6.07) is 1.62. The molecule has 19 heavy (non-hydrogen) atoms. The lowest BCUT2D eigenvalue weighted by atomic mass is 10.1. The number of nitrogens with zero attached hydrogens (tertiary/aromatic N) is 1. The molecule has 6 heteroatoms. The highest BCUT2D eigenvalue weighted by Gasteiger charge is 2.29. The van der Waals surface area contributed by atoms with E-state index in [1.165, 1.54) is 19.3 Å². The summed E-state index contributed by atoms with van der Waals surface area (Å²) >= 11 is 0. The van der Waals surface area contributed by atoms with Crippen LogP contribution < -0.4 is 10.6 Å². The van der Waals surface area contributed by atoms with Crippen LogP contribution >= 0.6 is 24.8 Å². The third-order valence-electron chi connectivity index (χ3n) is 4.01. The van der Waals surface area contributed by atoms with Crippen LogP contribution in [0.15, 0.2) is 0 Å². The minimum Gasteiger partial charge on any atom is -0.354 e. The van der Waals surface area contributed by atoms with Gasteiger partial charge in [-0.3, -0.25) is 9.69 Å². The minimum absolute atomic E-state index is 0. The monoisotopic (exact) mass is 311 g/mol. The number of hydrogen-bond acceptors (Lipinski definition) is 3. The van der Waals surface area contributed by atoms with Gasteiger partial charge < -0.3 is 10.6 Å². The first-order valence-corrected chi connectivity index (χ1v) is 6.89. The third-order valence-corrected chi connectivity index (χ3v) is 4.01. The lowest BCUT2D eigenvalue weighted by Crippen LogP contribution is -2.42. The zero-order chi connectivity index (χ0) is 12.3. The summed E-state index contributed by atoms with van der Waals surface area (Å²) < 4.78 is 0. The molecular weight excluding hydrogens is 285 g/mol. The summed E-state index contributed by atoms with van der Waals surface area (Å²) in [5.74, 6) is 0.195. The second kappa shape index (κ2) is 9.01. The van der Waals surface area contributed by atoms with Crippen LogP contribution in [0.3, 0.4) is 0 Å². The number of carbonyl (C=O) groups excluding carboxylic acids is 1. The van der Waals surface area contributed by atoms with E-state index in [1.807, 2.05) is 0 Å². The standard InChI is InChI=1S/C13H25N3O.2ClH/c1-10(16(2)12-5-6-12)9-15-13(17)8-11-4-3-7-14-11;;/h10-12,14H,3-9H2,1-2H3,(H,15,17);2*1H. The second-order valence-corrected chi connectivity index (χ2v) is 5.55. The van der Waals surface area contributed by atoms with Gasteiger partial charge in [0.2, 0.25) is 5.91 Å². The lowest BCUT2D eigenvalue weighted by molar-refractivity contribution is -0.121. The number of carbonyl (C=O) groups is 1. The van der Waals surface area contributed by atoms with Gasteiger partial charge in [0, 0.05) is 31.1 Å². The van der Waals surface area contributed by atoms with Crippen molar-refractivity contribution in [3.05, 3.63) is 0 Å². The maximum Gasteiger partial charge on any atom is 0.221 e. The van der Waals surface area contributed by atoms with Gasteiger partial charge in [0.15, 0.2) is 0 Å². The van der Waals surface area contributed by atoms with E-state index >= 15 is 0 Å². The van der Waals surface area contributed by atoms with Crippen LogP contribution in [0.4, 0.5) is 0 Å². The lowest BCUT2D eigenvalue weighted by Gasteiger charge is -2.24. The Balaban J connectivity index is 0.00000162. The molecule has 2 rings (SSSR count). The molecule has 2 atom stereocenters. The molecule has 0 aromatic heterocycles. The molecule has 4 nitrogen and oxygen atoms in total. The van der Waals surface area contributed by atoms with Gasteiger partial charge in [0.25, 0.3) is 0 Å². The van der Waals surface area contributed by atoms with Crippen molar-refractivity contribution in [3.8, 4) is 0 Å². The number of nitrogens with one attached hydrogen (secondary N) is 2. The maximum atomic E-state index is 11.7. The largest absolute Gasteiger partial charge is 0.354 e. The normalized spacial score (nSPS) is 23.4. The van der Waals surface area contributed by atoms with Crippen LogP contribution in [0.1, 0.15) is 39.0 Å². The Bertz CT molecular complexity index is 269. The molecule has 1 saturated carbocycles. The summed E-state index contributed by atoms with van der Waals surface area (Å²) in [5.41, 5.74) is 0. The van der Waals surface area contributed by atoms with E-state index in [2.05, 4.69) is 29.5 Å².